The van der Waals surface area contributed by atoms with Crippen LogP contribution in [0.3, 0.4) is 0 Å². The highest BCUT2D eigenvalue weighted by molar-refractivity contribution is 4.59. The molecule has 1 heteroatoms. The molecule has 1 atom stereocenters. The molecule has 0 aromatic rings. The van der Waals surface area contributed by atoms with Crippen molar-refractivity contribution in [3.63, 3.8) is 0 Å². The van der Waals surface area contributed by atoms with E-state index < -0.39 is 0 Å². The summed E-state index contributed by atoms with van der Waals surface area (Å²) in [6.45, 7) is 5.41. The molecule has 1 nitrogen and oxygen atoms in total. The molecule has 0 radical (unpaired) electrons. The lowest BCUT2D eigenvalue weighted by Gasteiger charge is -2.14. The normalized spacial score (nSPS) is 13.2. The van der Waals surface area contributed by atoms with Crippen LogP contribution in [0.4, 0.5) is 0 Å². The van der Waals surface area contributed by atoms with E-state index >= 15 is 0 Å². The Hall–Kier alpha value is -0.0400. The van der Waals surface area contributed by atoms with E-state index in [9.17, 15) is 0 Å². The summed E-state index contributed by atoms with van der Waals surface area (Å²) < 4.78 is 0. The van der Waals surface area contributed by atoms with Crippen LogP contribution in [0.15, 0.2) is 0 Å². The summed E-state index contributed by atoms with van der Waals surface area (Å²) in [5.74, 6) is 0.909. The minimum atomic E-state index is 0.873. The van der Waals surface area contributed by atoms with Gasteiger partial charge in [0.25, 0.3) is 0 Å². The lowest BCUT2D eigenvalue weighted by atomic mass is 9.93. The molecule has 0 heterocycles. The SMILES string of the molecule is CCCCCCC(CCC)CCN. The molecule has 0 aromatic carbocycles. The van der Waals surface area contributed by atoms with Crippen LogP contribution >= 0.6 is 0 Å². The van der Waals surface area contributed by atoms with Crippen molar-refractivity contribution in [3.8, 4) is 0 Å². The summed E-state index contributed by atoms with van der Waals surface area (Å²) >= 11 is 0. The molecule has 0 spiro atoms. The molecule has 80 valence electrons. The maximum atomic E-state index is 5.59. The van der Waals surface area contributed by atoms with Crippen molar-refractivity contribution in [2.45, 2.75) is 65.2 Å². The summed E-state index contributed by atoms with van der Waals surface area (Å²) in [4.78, 5) is 0. The molecule has 13 heavy (non-hydrogen) atoms. The molecule has 0 aliphatic carbocycles. The van der Waals surface area contributed by atoms with Crippen molar-refractivity contribution in [3.05, 3.63) is 0 Å². The first kappa shape index (κ1) is 13.0. The molecule has 2 N–H and O–H groups in total. The van der Waals surface area contributed by atoms with Crippen molar-refractivity contribution in [1.29, 1.82) is 0 Å². The number of nitrogens with two attached hydrogens (primary N) is 1. The van der Waals surface area contributed by atoms with Crippen molar-refractivity contribution in [2.24, 2.45) is 11.7 Å². The first-order chi connectivity index (χ1) is 6.35. The zero-order valence-corrected chi connectivity index (χ0v) is 9.52. The van der Waals surface area contributed by atoms with E-state index in [1.165, 1.54) is 51.4 Å². The van der Waals surface area contributed by atoms with Gasteiger partial charge >= 0.3 is 0 Å². The summed E-state index contributed by atoms with van der Waals surface area (Å²) in [6.07, 6.45) is 10.9. The Morgan fingerprint density at radius 3 is 2.15 bits per heavy atom. The maximum Gasteiger partial charge on any atom is -0.00746 e. The predicted molar refractivity (Wildman–Crippen MR) is 60.8 cm³/mol. The van der Waals surface area contributed by atoms with Gasteiger partial charge in [0, 0.05) is 0 Å². The molecule has 0 saturated heterocycles. The van der Waals surface area contributed by atoms with E-state index in [0.717, 1.165) is 12.5 Å². The van der Waals surface area contributed by atoms with Crippen LogP contribution in [-0.2, 0) is 0 Å². The number of unbranched alkanes of at least 4 members (excludes halogenated alkanes) is 3. The Kier molecular flexibility index (Phi) is 10.0. The topological polar surface area (TPSA) is 26.0 Å². The fourth-order valence-electron chi connectivity index (χ4n) is 1.94. The molecule has 0 rings (SSSR count). The summed E-state index contributed by atoms with van der Waals surface area (Å²) in [6, 6.07) is 0. The van der Waals surface area contributed by atoms with E-state index in [1.54, 1.807) is 0 Å². The van der Waals surface area contributed by atoms with E-state index in [0.29, 0.717) is 0 Å². The van der Waals surface area contributed by atoms with Crippen LogP contribution < -0.4 is 5.73 Å². The lowest BCUT2D eigenvalue weighted by Crippen LogP contribution is -2.08. The molecule has 0 amide bonds. The van der Waals surface area contributed by atoms with Gasteiger partial charge in [-0.3, -0.25) is 0 Å². The van der Waals surface area contributed by atoms with Crippen molar-refractivity contribution >= 4 is 0 Å². The zero-order chi connectivity index (χ0) is 9.94. The van der Waals surface area contributed by atoms with Gasteiger partial charge in [-0.05, 0) is 18.9 Å². The molecular formula is C12H27N. The summed E-state index contributed by atoms with van der Waals surface area (Å²) in [7, 11) is 0. The van der Waals surface area contributed by atoms with Gasteiger partial charge in [-0.2, -0.15) is 0 Å². The third kappa shape index (κ3) is 8.29. The van der Waals surface area contributed by atoms with Gasteiger partial charge in [0.1, 0.15) is 0 Å². The van der Waals surface area contributed by atoms with E-state index in [2.05, 4.69) is 13.8 Å². The Bertz CT molecular complexity index is 85.1. The molecule has 1 unspecified atom stereocenters. The fourth-order valence-corrected chi connectivity index (χ4v) is 1.94. The fraction of sp³-hybridized carbons (Fsp3) is 1.00. The lowest BCUT2D eigenvalue weighted by molar-refractivity contribution is 0.401. The molecule has 0 aliphatic heterocycles. The largest absolute Gasteiger partial charge is 0.330 e. The Balaban J connectivity index is 3.33. The third-order valence-corrected chi connectivity index (χ3v) is 2.74. The zero-order valence-electron chi connectivity index (χ0n) is 9.52. The number of rotatable bonds is 9. The highest BCUT2D eigenvalue weighted by Crippen LogP contribution is 2.18. The van der Waals surface area contributed by atoms with Crippen LogP contribution in [0.5, 0.6) is 0 Å². The third-order valence-electron chi connectivity index (χ3n) is 2.74. The highest BCUT2D eigenvalue weighted by Gasteiger charge is 2.05. The van der Waals surface area contributed by atoms with Gasteiger partial charge in [-0.25, -0.2) is 0 Å². The predicted octanol–water partition coefficient (Wildman–Crippen LogP) is 3.72. The molecule has 0 saturated carbocycles. The van der Waals surface area contributed by atoms with Gasteiger partial charge in [-0.15, -0.1) is 0 Å². The van der Waals surface area contributed by atoms with Crippen molar-refractivity contribution in [1.82, 2.24) is 0 Å². The first-order valence-corrected chi connectivity index (χ1v) is 6.05. The van der Waals surface area contributed by atoms with Gasteiger partial charge in [0.05, 0.1) is 0 Å². The first-order valence-electron chi connectivity index (χ1n) is 6.05. The van der Waals surface area contributed by atoms with Gasteiger partial charge in [0.2, 0.25) is 0 Å². The maximum absolute atomic E-state index is 5.59. The average molecular weight is 185 g/mol. The van der Waals surface area contributed by atoms with Gasteiger partial charge in [0.15, 0.2) is 0 Å². The van der Waals surface area contributed by atoms with Crippen molar-refractivity contribution in [2.75, 3.05) is 6.54 Å². The van der Waals surface area contributed by atoms with Gasteiger partial charge < -0.3 is 5.73 Å². The van der Waals surface area contributed by atoms with Crippen LogP contribution in [0.2, 0.25) is 0 Å². The Labute approximate surface area is 84.1 Å². The summed E-state index contributed by atoms with van der Waals surface area (Å²) in [5.41, 5.74) is 5.59. The van der Waals surface area contributed by atoms with E-state index in [-0.39, 0.29) is 0 Å². The second-order valence-corrected chi connectivity index (χ2v) is 4.08. The molecule has 0 bridgehead atoms. The van der Waals surface area contributed by atoms with Gasteiger partial charge in [-0.1, -0.05) is 58.8 Å². The minimum absolute atomic E-state index is 0.873. The highest BCUT2D eigenvalue weighted by atomic mass is 14.5. The average Bonchev–Trinajstić information content (AvgIpc) is 2.13. The number of hydrogen-bond acceptors (Lipinski definition) is 1. The smallest absolute Gasteiger partial charge is 0.00746 e. The standard InChI is InChI=1S/C12H27N/c1-3-5-6-7-9-12(8-4-2)10-11-13/h12H,3-11,13H2,1-2H3. The molecular weight excluding hydrogens is 158 g/mol. The molecule has 0 aliphatic rings. The quantitative estimate of drug-likeness (QED) is 0.544. The van der Waals surface area contributed by atoms with Crippen molar-refractivity contribution < 1.29 is 0 Å². The van der Waals surface area contributed by atoms with Crippen LogP contribution in [0.25, 0.3) is 0 Å². The van der Waals surface area contributed by atoms with Crippen LogP contribution in [0.1, 0.15) is 65.2 Å². The minimum Gasteiger partial charge on any atom is -0.330 e. The van der Waals surface area contributed by atoms with Crippen LogP contribution in [0, 0.1) is 5.92 Å². The second kappa shape index (κ2) is 10.0. The second-order valence-electron chi connectivity index (χ2n) is 4.08. The Morgan fingerprint density at radius 1 is 0.846 bits per heavy atom. The number of hydrogen-bond donors (Lipinski definition) is 1. The summed E-state index contributed by atoms with van der Waals surface area (Å²) in [5, 5.41) is 0. The monoisotopic (exact) mass is 185 g/mol. The van der Waals surface area contributed by atoms with Crippen LogP contribution in [-0.4, -0.2) is 6.54 Å². The van der Waals surface area contributed by atoms with E-state index in [1.807, 2.05) is 0 Å². The van der Waals surface area contributed by atoms with E-state index in [4.69, 9.17) is 5.73 Å². The molecule has 0 fully saturated rings. The molecule has 0 aromatic heterocycles. The Morgan fingerprint density at radius 2 is 1.62 bits per heavy atom.